The quantitative estimate of drug-likeness (QED) is 0.782. The summed E-state index contributed by atoms with van der Waals surface area (Å²) in [5.41, 5.74) is 6.88. The maximum Gasteiger partial charge on any atom is 0.254 e. The second kappa shape index (κ2) is 6.22. The second-order valence-corrected chi connectivity index (χ2v) is 4.16. The van der Waals surface area contributed by atoms with Gasteiger partial charge in [-0.25, -0.2) is 4.68 Å². The van der Waals surface area contributed by atoms with Crippen molar-refractivity contribution in [1.82, 2.24) is 20.2 Å². The van der Waals surface area contributed by atoms with E-state index >= 15 is 0 Å². The number of nitrogens with two attached hydrogens (primary N) is 1. The average Bonchev–Trinajstić information content (AvgIpc) is 2.86. The Kier molecular flexibility index (Phi) is 4.38. The van der Waals surface area contributed by atoms with Crippen molar-refractivity contribution in [3.63, 3.8) is 0 Å². The van der Waals surface area contributed by atoms with Crippen LogP contribution >= 0.6 is 0 Å². The molecule has 0 aliphatic heterocycles. The molecule has 1 aromatic carbocycles. The largest absolute Gasteiger partial charge is 0.370 e. The number of hydrogen-bond donors (Lipinski definition) is 2. The number of aryl methyl sites for hydroxylation is 1. The minimum Gasteiger partial charge on any atom is -0.370 e. The third-order valence-corrected chi connectivity index (χ3v) is 2.80. The van der Waals surface area contributed by atoms with E-state index in [1.165, 1.54) is 7.11 Å². The van der Waals surface area contributed by atoms with E-state index in [9.17, 15) is 4.79 Å². The zero-order valence-corrected chi connectivity index (χ0v) is 11.3. The normalized spacial score (nSPS) is 12.2. The van der Waals surface area contributed by atoms with Crippen molar-refractivity contribution in [3.05, 3.63) is 24.3 Å². The van der Waals surface area contributed by atoms with Crippen molar-refractivity contribution in [2.24, 2.45) is 12.8 Å². The number of rotatable bonds is 5. The molecule has 0 saturated heterocycles. The van der Waals surface area contributed by atoms with Gasteiger partial charge in [0, 0.05) is 32.0 Å². The van der Waals surface area contributed by atoms with Crippen LogP contribution in [0.25, 0.3) is 11.4 Å². The van der Waals surface area contributed by atoms with E-state index in [0.717, 1.165) is 5.56 Å². The number of nitrogens with one attached hydrogen (secondary N) is 1. The number of tetrazole rings is 1. The number of benzene rings is 1. The SMILES string of the molecule is COC(CN)C(=O)Nc1cccc(-c2nnnn2C)c1. The Labute approximate surface area is 115 Å². The molecule has 1 atom stereocenters. The smallest absolute Gasteiger partial charge is 0.254 e. The van der Waals surface area contributed by atoms with Crippen LogP contribution in [-0.4, -0.2) is 45.9 Å². The molecule has 0 fully saturated rings. The Hall–Kier alpha value is -2.32. The van der Waals surface area contributed by atoms with Crippen molar-refractivity contribution in [2.75, 3.05) is 19.0 Å². The maximum absolute atomic E-state index is 11.9. The van der Waals surface area contributed by atoms with E-state index in [1.807, 2.05) is 12.1 Å². The Bertz CT molecular complexity index is 593. The number of aromatic nitrogens is 4. The van der Waals surface area contributed by atoms with Gasteiger partial charge in [-0.15, -0.1) is 5.10 Å². The lowest BCUT2D eigenvalue weighted by Gasteiger charge is -2.13. The van der Waals surface area contributed by atoms with Gasteiger partial charge in [0.25, 0.3) is 5.91 Å². The van der Waals surface area contributed by atoms with E-state index < -0.39 is 6.10 Å². The van der Waals surface area contributed by atoms with Crippen LogP contribution in [-0.2, 0) is 16.6 Å². The summed E-state index contributed by atoms with van der Waals surface area (Å²) >= 11 is 0. The van der Waals surface area contributed by atoms with Crippen LogP contribution < -0.4 is 11.1 Å². The molecule has 0 spiro atoms. The molecule has 106 valence electrons. The number of amides is 1. The number of carbonyl (C=O) groups is 1. The van der Waals surface area contributed by atoms with Gasteiger partial charge in [0.05, 0.1) is 0 Å². The van der Waals surface area contributed by atoms with Gasteiger partial charge >= 0.3 is 0 Å². The van der Waals surface area contributed by atoms with Crippen LogP contribution in [0.15, 0.2) is 24.3 Å². The van der Waals surface area contributed by atoms with Crippen molar-refractivity contribution >= 4 is 11.6 Å². The number of carbonyl (C=O) groups excluding carboxylic acids is 1. The highest BCUT2D eigenvalue weighted by Crippen LogP contribution is 2.19. The molecule has 0 saturated carbocycles. The molecule has 0 bridgehead atoms. The molecule has 1 unspecified atom stereocenters. The van der Waals surface area contributed by atoms with Crippen molar-refractivity contribution in [2.45, 2.75) is 6.10 Å². The lowest BCUT2D eigenvalue weighted by molar-refractivity contribution is -0.125. The van der Waals surface area contributed by atoms with Gasteiger partial charge in [-0.2, -0.15) is 0 Å². The number of ether oxygens (including phenoxy) is 1. The summed E-state index contributed by atoms with van der Waals surface area (Å²) in [4.78, 5) is 11.9. The fourth-order valence-corrected chi connectivity index (χ4v) is 1.74. The highest BCUT2D eigenvalue weighted by atomic mass is 16.5. The Balaban J connectivity index is 2.19. The van der Waals surface area contributed by atoms with Crippen LogP contribution in [0.5, 0.6) is 0 Å². The average molecular weight is 276 g/mol. The monoisotopic (exact) mass is 276 g/mol. The third-order valence-electron chi connectivity index (χ3n) is 2.80. The molecule has 1 heterocycles. The number of hydrogen-bond acceptors (Lipinski definition) is 6. The van der Waals surface area contributed by atoms with Gasteiger partial charge in [-0.3, -0.25) is 4.79 Å². The second-order valence-electron chi connectivity index (χ2n) is 4.16. The topological polar surface area (TPSA) is 108 Å². The van der Waals surface area contributed by atoms with Crippen LogP contribution in [0, 0.1) is 0 Å². The Morgan fingerprint density at radius 2 is 2.35 bits per heavy atom. The summed E-state index contributed by atoms with van der Waals surface area (Å²) in [6.07, 6.45) is -0.671. The van der Waals surface area contributed by atoms with Crippen LogP contribution in [0.2, 0.25) is 0 Å². The number of anilines is 1. The molecule has 1 amide bonds. The molecule has 0 radical (unpaired) electrons. The molecule has 3 N–H and O–H groups in total. The zero-order chi connectivity index (χ0) is 14.5. The van der Waals surface area contributed by atoms with Gasteiger partial charge in [-0.1, -0.05) is 12.1 Å². The minimum absolute atomic E-state index is 0.120. The molecule has 20 heavy (non-hydrogen) atoms. The molecule has 0 aliphatic carbocycles. The molecule has 2 aromatic rings. The van der Waals surface area contributed by atoms with E-state index in [-0.39, 0.29) is 12.5 Å². The van der Waals surface area contributed by atoms with Gasteiger partial charge in [-0.05, 0) is 22.6 Å². The van der Waals surface area contributed by atoms with Crippen molar-refractivity contribution < 1.29 is 9.53 Å². The first-order valence-electron chi connectivity index (χ1n) is 6.02. The van der Waals surface area contributed by atoms with E-state index in [4.69, 9.17) is 10.5 Å². The number of methoxy groups -OCH3 is 1. The molecule has 0 aliphatic rings. The van der Waals surface area contributed by atoms with Gasteiger partial charge in [0.1, 0.15) is 6.10 Å². The standard InChI is InChI=1S/C12H16N6O2/c1-18-11(15-16-17-18)8-4-3-5-9(6-8)14-12(19)10(7-13)20-2/h3-6,10H,7,13H2,1-2H3,(H,14,19). The third kappa shape index (κ3) is 2.98. The van der Waals surface area contributed by atoms with Crippen LogP contribution in [0.3, 0.4) is 0 Å². The summed E-state index contributed by atoms with van der Waals surface area (Å²) < 4.78 is 6.54. The first kappa shape index (κ1) is 14.1. The summed E-state index contributed by atoms with van der Waals surface area (Å²) in [6.45, 7) is 0.120. The van der Waals surface area contributed by atoms with Gasteiger partial charge in [0.15, 0.2) is 5.82 Å². The molecule has 8 nitrogen and oxygen atoms in total. The first-order valence-corrected chi connectivity index (χ1v) is 6.02. The van der Waals surface area contributed by atoms with Crippen molar-refractivity contribution in [1.29, 1.82) is 0 Å². The Morgan fingerprint density at radius 3 is 2.95 bits per heavy atom. The Morgan fingerprint density at radius 1 is 1.55 bits per heavy atom. The predicted molar refractivity (Wildman–Crippen MR) is 72.7 cm³/mol. The molecule has 1 aromatic heterocycles. The first-order chi connectivity index (χ1) is 9.65. The molecular weight excluding hydrogens is 260 g/mol. The van der Waals surface area contributed by atoms with Crippen molar-refractivity contribution in [3.8, 4) is 11.4 Å². The molecule has 8 heteroatoms. The summed E-state index contributed by atoms with van der Waals surface area (Å²) in [7, 11) is 3.19. The van der Waals surface area contributed by atoms with Gasteiger partial charge in [0.2, 0.25) is 0 Å². The zero-order valence-electron chi connectivity index (χ0n) is 11.3. The lowest BCUT2D eigenvalue weighted by Crippen LogP contribution is -2.35. The van der Waals surface area contributed by atoms with Crippen LogP contribution in [0.1, 0.15) is 0 Å². The molecular formula is C12H16N6O2. The fraction of sp³-hybridized carbons (Fsp3) is 0.333. The highest BCUT2D eigenvalue weighted by molar-refractivity contribution is 5.94. The summed E-state index contributed by atoms with van der Waals surface area (Å²) in [6, 6.07) is 7.23. The maximum atomic E-state index is 11.9. The number of nitrogens with zero attached hydrogens (tertiary/aromatic N) is 4. The van der Waals surface area contributed by atoms with E-state index in [0.29, 0.717) is 11.5 Å². The van der Waals surface area contributed by atoms with Crippen LogP contribution in [0.4, 0.5) is 5.69 Å². The van der Waals surface area contributed by atoms with Gasteiger partial charge < -0.3 is 15.8 Å². The highest BCUT2D eigenvalue weighted by Gasteiger charge is 2.16. The predicted octanol–water partition coefficient (Wildman–Crippen LogP) is -0.211. The van der Waals surface area contributed by atoms with E-state index in [1.54, 1.807) is 23.9 Å². The van der Waals surface area contributed by atoms with E-state index in [2.05, 4.69) is 20.8 Å². The summed E-state index contributed by atoms with van der Waals surface area (Å²) in [5, 5.41) is 14.0. The minimum atomic E-state index is -0.671. The lowest BCUT2D eigenvalue weighted by atomic mass is 10.2. The molecule has 2 rings (SSSR count). The summed E-state index contributed by atoms with van der Waals surface area (Å²) in [5.74, 6) is 0.325. The fourth-order valence-electron chi connectivity index (χ4n) is 1.74.